The van der Waals surface area contributed by atoms with E-state index in [4.69, 9.17) is 25.8 Å². The maximum Gasteiger partial charge on any atom is 0.573 e. The van der Waals surface area contributed by atoms with Gasteiger partial charge in [0.1, 0.15) is 12.2 Å². The lowest BCUT2D eigenvalue weighted by molar-refractivity contribution is -0.275. The summed E-state index contributed by atoms with van der Waals surface area (Å²) in [6.07, 6.45) is -8.71. The maximum absolute atomic E-state index is 12.9. The number of benzene rings is 2. The van der Waals surface area contributed by atoms with Crippen molar-refractivity contribution in [2.45, 2.75) is 38.2 Å². The molecule has 0 radical (unpaired) electrons. The third-order valence-corrected chi connectivity index (χ3v) is 4.88. The molecule has 3 atom stereocenters. The number of fused-ring (bicyclic) bond motifs is 1. The smallest absolute Gasteiger partial charge is 0.492 e. The highest BCUT2D eigenvalue weighted by Crippen LogP contribution is 2.44. The summed E-state index contributed by atoms with van der Waals surface area (Å²) in [6.45, 7) is 1.88. The van der Waals surface area contributed by atoms with Gasteiger partial charge >= 0.3 is 6.36 Å². The van der Waals surface area contributed by atoms with Crippen molar-refractivity contribution in [2.24, 2.45) is 0 Å². The molecule has 2 aromatic carbocycles. The number of aliphatic hydroxyl groups is 1. The van der Waals surface area contributed by atoms with Crippen molar-refractivity contribution >= 4 is 23.2 Å². The minimum absolute atomic E-state index is 0.171. The lowest BCUT2D eigenvalue weighted by Crippen LogP contribution is -2.33. The molecule has 2 aromatic rings. The van der Waals surface area contributed by atoms with Gasteiger partial charge in [0.25, 0.3) is 5.91 Å². The second kappa shape index (κ2) is 9.95. The first-order chi connectivity index (χ1) is 15.1. The third kappa shape index (κ3) is 5.63. The topological polar surface area (TPSA) is 86.2 Å². The number of halogens is 4. The Hall–Kier alpha value is -2.53. The molecule has 0 bridgehead atoms. The Balaban J connectivity index is 2.10. The number of para-hydroxylation sites is 1. The summed E-state index contributed by atoms with van der Waals surface area (Å²) in [6, 6.07) is 8.56. The monoisotopic (exact) mass is 475 g/mol. The summed E-state index contributed by atoms with van der Waals surface area (Å²) >= 11 is 6.14. The van der Waals surface area contributed by atoms with Crippen LogP contribution in [0, 0.1) is 0 Å². The van der Waals surface area contributed by atoms with Gasteiger partial charge in [-0.2, -0.15) is 0 Å². The number of ether oxygens (including phenoxy) is 4. The Labute approximate surface area is 187 Å². The molecule has 1 aliphatic rings. The fourth-order valence-electron chi connectivity index (χ4n) is 3.39. The maximum atomic E-state index is 12.9. The van der Waals surface area contributed by atoms with E-state index in [9.17, 15) is 23.1 Å². The molecule has 11 heteroatoms. The molecule has 32 heavy (non-hydrogen) atoms. The third-order valence-electron chi connectivity index (χ3n) is 4.64. The number of hydrogen-bond donors (Lipinski definition) is 2. The molecule has 0 spiro atoms. The summed E-state index contributed by atoms with van der Waals surface area (Å²) in [7, 11) is 1.19. The number of amides is 1. The zero-order chi connectivity index (χ0) is 23.5. The van der Waals surface area contributed by atoms with Crippen LogP contribution >= 0.6 is 11.6 Å². The number of rotatable bonds is 7. The van der Waals surface area contributed by atoms with Crippen LogP contribution in [0.25, 0.3) is 0 Å². The van der Waals surface area contributed by atoms with Crippen molar-refractivity contribution in [2.75, 3.05) is 19.0 Å². The van der Waals surface area contributed by atoms with E-state index in [2.05, 4.69) is 10.1 Å². The quantitative estimate of drug-likeness (QED) is 0.577. The minimum atomic E-state index is -4.95. The van der Waals surface area contributed by atoms with Crippen molar-refractivity contribution in [1.82, 2.24) is 0 Å². The van der Waals surface area contributed by atoms with Gasteiger partial charge in [-0.15, -0.1) is 13.2 Å². The van der Waals surface area contributed by atoms with Crippen LogP contribution in [0.3, 0.4) is 0 Å². The molecule has 3 rings (SSSR count). The van der Waals surface area contributed by atoms with Gasteiger partial charge in [0, 0.05) is 34.9 Å². The fraction of sp³-hybridized carbons (Fsp3) is 0.381. The van der Waals surface area contributed by atoms with Gasteiger partial charge in [0.2, 0.25) is 0 Å². The Kier molecular flexibility index (Phi) is 7.50. The molecule has 1 amide bonds. The average Bonchev–Trinajstić information content (AvgIpc) is 2.83. The first kappa shape index (κ1) is 24.1. The van der Waals surface area contributed by atoms with E-state index in [1.165, 1.54) is 25.3 Å². The van der Waals surface area contributed by atoms with Crippen LogP contribution in [0.5, 0.6) is 11.5 Å². The Morgan fingerprint density at radius 1 is 1.25 bits per heavy atom. The second-order valence-corrected chi connectivity index (χ2v) is 7.23. The van der Waals surface area contributed by atoms with E-state index in [1.54, 1.807) is 19.1 Å². The molecular formula is C21H21ClF3NO6. The summed E-state index contributed by atoms with van der Waals surface area (Å²) in [5.74, 6) is -1.35. The molecular weight excluding hydrogens is 455 g/mol. The zero-order valence-electron chi connectivity index (χ0n) is 17.1. The van der Waals surface area contributed by atoms with Gasteiger partial charge in [-0.25, -0.2) is 0 Å². The summed E-state index contributed by atoms with van der Waals surface area (Å²) in [5.41, 5.74) is 0.911. The van der Waals surface area contributed by atoms with Crippen LogP contribution in [0.4, 0.5) is 18.9 Å². The number of anilines is 1. The molecule has 1 aliphatic heterocycles. The van der Waals surface area contributed by atoms with Gasteiger partial charge in [-0.3, -0.25) is 4.79 Å². The highest BCUT2D eigenvalue weighted by Gasteiger charge is 2.37. The van der Waals surface area contributed by atoms with Crippen molar-refractivity contribution < 1.29 is 42.0 Å². The molecule has 7 nitrogen and oxygen atoms in total. The molecule has 0 saturated carbocycles. The summed E-state index contributed by atoms with van der Waals surface area (Å²) in [4.78, 5) is 12.7. The SMILES string of the molecule is CCOC(O)C[C@H]1O[C@H](c2cccc(OC(F)(F)F)c2OC)c2cc(Cl)ccc2NC1=O. The molecule has 0 aliphatic carbocycles. The van der Waals surface area contributed by atoms with E-state index in [0.29, 0.717) is 16.3 Å². The predicted molar refractivity (Wildman–Crippen MR) is 109 cm³/mol. The molecule has 0 saturated heterocycles. The zero-order valence-corrected chi connectivity index (χ0v) is 17.9. The van der Waals surface area contributed by atoms with Crippen molar-refractivity contribution in [3.63, 3.8) is 0 Å². The van der Waals surface area contributed by atoms with Crippen LogP contribution < -0.4 is 14.8 Å². The van der Waals surface area contributed by atoms with Crippen LogP contribution in [0.2, 0.25) is 5.02 Å². The van der Waals surface area contributed by atoms with Gasteiger partial charge < -0.3 is 29.4 Å². The largest absolute Gasteiger partial charge is 0.573 e. The normalized spacial score (nSPS) is 19.5. The van der Waals surface area contributed by atoms with Gasteiger partial charge in [0.15, 0.2) is 17.8 Å². The number of carbonyl (C=O) groups excluding carboxylic acids is 1. The molecule has 1 unspecified atom stereocenters. The van der Waals surface area contributed by atoms with Crippen molar-refractivity contribution in [1.29, 1.82) is 0 Å². The number of carbonyl (C=O) groups is 1. The summed E-state index contributed by atoms with van der Waals surface area (Å²) in [5, 5.41) is 13.0. The first-order valence-electron chi connectivity index (χ1n) is 9.61. The van der Waals surface area contributed by atoms with Crippen molar-refractivity contribution in [3.05, 3.63) is 52.5 Å². The molecule has 0 aromatic heterocycles. The van der Waals surface area contributed by atoms with E-state index < -0.39 is 36.5 Å². The standard InChI is InChI=1S/C21H21ClF3NO6/c1-3-30-17(27)10-16-20(28)26-14-8-7-11(22)9-13(14)18(31-16)12-5-4-6-15(19(12)29-2)32-21(23,24)25/h4-9,16-18,27H,3,10H2,1-2H3,(H,26,28)/t16-,17?,18-/m1/s1. The predicted octanol–water partition coefficient (Wildman–Crippen LogP) is 4.42. The lowest BCUT2D eigenvalue weighted by atomic mass is 9.98. The number of aliphatic hydroxyl groups excluding tert-OH is 1. The van der Waals surface area contributed by atoms with E-state index >= 15 is 0 Å². The molecule has 2 N–H and O–H groups in total. The molecule has 0 fully saturated rings. The van der Waals surface area contributed by atoms with Crippen LogP contribution in [0.15, 0.2) is 36.4 Å². The minimum Gasteiger partial charge on any atom is -0.492 e. The Morgan fingerprint density at radius 3 is 2.66 bits per heavy atom. The number of nitrogens with one attached hydrogen (secondary N) is 1. The van der Waals surface area contributed by atoms with Gasteiger partial charge in [-0.05, 0) is 31.2 Å². The average molecular weight is 476 g/mol. The number of alkyl halides is 3. The number of hydrogen-bond acceptors (Lipinski definition) is 6. The Morgan fingerprint density at radius 2 is 2.00 bits per heavy atom. The van der Waals surface area contributed by atoms with E-state index in [0.717, 1.165) is 6.07 Å². The first-order valence-corrected chi connectivity index (χ1v) is 9.98. The van der Waals surface area contributed by atoms with E-state index in [1.807, 2.05) is 0 Å². The Bertz CT molecular complexity index is 971. The highest BCUT2D eigenvalue weighted by atomic mass is 35.5. The van der Waals surface area contributed by atoms with Gasteiger partial charge in [-0.1, -0.05) is 23.7 Å². The molecule has 1 heterocycles. The van der Waals surface area contributed by atoms with Crippen LogP contribution in [-0.2, 0) is 14.3 Å². The highest BCUT2D eigenvalue weighted by molar-refractivity contribution is 6.30. The fourth-order valence-corrected chi connectivity index (χ4v) is 3.57. The van der Waals surface area contributed by atoms with E-state index in [-0.39, 0.29) is 24.3 Å². The summed E-state index contributed by atoms with van der Waals surface area (Å²) < 4.78 is 59.1. The van der Waals surface area contributed by atoms with Crippen LogP contribution in [-0.4, -0.2) is 43.5 Å². The van der Waals surface area contributed by atoms with Crippen LogP contribution in [0.1, 0.15) is 30.6 Å². The van der Waals surface area contributed by atoms with Gasteiger partial charge in [0.05, 0.1) is 7.11 Å². The molecule has 174 valence electrons. The second-order valence-electron chi connectivity index (χ2n) is 6.80. The van der Waals surface area contributed by atoms with Crippen molar-refractivity contribution in [3.8, 4) is 11.5 Å². The lowest BCUT2D eigenvalue weighted by Gasteiger charge is -2.25. The number of methoxy groups -OCH3 is 1.